The van der Waals surface area contributed by atoms with Gasteiger partial charge in [0.2, 0.25) is 0 Å². The Labute approximate surface area is 160 Å². The van der Waals surface area contributed by atoms with Crippen LogP contribution in [0.3, 0.4) is 0 Å². The molecule has 0 bridgehead atoms. The third-order valence-corrected chi connectivity index (χ3v) is 3.55. The van der Waals surface area contributed by atoms with Crippen molar-refractivity contribution < 1.29 is 14.3 Å². The molecule has 26 heavy (non-hydrogen) atoms. The number of hydrogen-bond acceptors (Lipinski definition) is 4. The number of halogens is 2. The zero-order valence-electron chi connectivity index (χ0n) is 13.5. The minimum absolute atomic E-state index is 0.232. The molecule has 0 radical (unpaired) electrons. The molecule has 2 N–H and O–H groups in total. The smallest absolute Gasteiger partial charge is 0.329 e. The topological polar surface area (TPSA) is 79.8 Å². The molecule has 0 spiro atoms. The van der Waals surface area contributed by atoms with Crippen LogP contribution < -0.4 is 15.5 Å². The molecule has 0 aromatic heterocycles. The van der Waals surface area contributed by atoms with E-state index in [1.165, 1.54) is 18.3 Å². The van der Waals surface area contributed by atoms with Crippen LogP contribution in [0.4, 0.5) is 5.69 Å². The standard InChI is InChI=1S/C18H15Cl2N3O3/c1-2-8-26-14-5-3-4-12(9-14)11-21-23-18(25)17(24)22-16-10-13(19)6-7-15(16)20/h2-7,9-11H,1,8H2,(H,22,24)(H,23,25)/b21-11+. The van der Waals surface area contributed by atoms with E-state index in [4.69, 9.17) is 27.9 Å². The number of benzene rings is 2. The average molecular weight is 392 g/mol. The number of hydrogen-bond donors (Lipinski definition) is 2. The summed E-state index contributed by atoms with van der Waals surface area (Å²) in [6.07, 6.45) is 3.02. The van der Waals surface area contributed by atoms with Gasteiger partial charge in [0.25, 0.3) is 0 Å². The van der Waals surface area contributed by atoms with E-state index in [1.807, 2.05) is 0 Å². The van der Waals surface area contributed by atoms with Crippen LogP contribution in [0.15, 0.2) is 60.2 Å². The van der Waals surface area contributed by atoms with Crippen LogP contribution in [0.25, 0.3) is 0 Å². The number of nitrogens with zero attached hydrogens (tertiary/aromatic N) is 1. The summed E-state index contributed by atoms with van der Waals surface area (Å²) < 4.78 is 5.39. The number of rotatable bonds is 6. The maximum Gasteiger partial charge on any atom is 0.329 e. The van der Waals surface area contributed by atoms with E-state index in [9.17, 15) is 9.59 Å². The van der Waals surface area contributed by atoms with Crippen molar-refractivity contribution in [3.63, 3.8) is 0 Å². The lowest BCUT2D eigenvalue weighted by atomic mass is 10.2. The van der Waals surface area contributed by atoms with Crippen LogP contribution in [-0.2, 0) is 9.59 Å². The van der Waals surface area contributed by atoms with Crippen LogP contribution in [-0.4, -0.2) is 24.6 Å². The molecule has 2 aromatic rings. The third-order valence-electron chi connectivity index (χ3n) is 2.99. The number of anilines is 1. The van der Waals surface area contributed by atoms with Gasteiger partial charge in [-0.3, -0.25) is 9.59 Å². The molecular formula is C18H15Cl2N3O3. The highest BCUT2D eigenvalue weighted by Crippen LogP contribution is 2.25. The van der Waals surface area contributed by atoms with E-state index in [0.717, 1.165) is 0 Å². The molecule has 0 heterocycles. The van der Waals surface area contributed by atoms with E-state index >= 15 is 0 Å². The molecule has 0 unspecified atom stereocenters. The summed E-state index contributed by atoms with van der Waals surface area (Å²) in [5.41, 5.74) is 3.05. The molecule has 0 saturated carbocycles. The highest BCUT2D eigenvalue weighted by Gasteiger charge is 2.14. The Morgan fingerprint density at radius 1 is 1.15 bits per heavy atom. The van der Waals surface area contributed by atoms with Gasteiger partial charge in [-0.15, -0.1) is 0 Å². The summed E-state index contributed by atoms with van der Waals surface area (Å²) in [5, 5.41) is 6.74. The fourth-order valence-electron chi connectivity index (χ4n) is 1.83. The Bertz CT molecular complexity index is 853. The van der Waals surface area contributed by atoms with Crippen molar-refractivity contribution in [2.24, 2.45) is 5.10 Å². The molecule has 8 heteroatoms. The number of nitrogens with one attached hydrogen (secondary N) is 2. The molecule has 0 aliphatic rings. The summed E-state index contributed by atoms with van der Waals surface area (Å²) in [7, 11) is 0. The summed E-state index contributed by atoms with van der Waals surface area (Å²) in [4.78, 5) is 23.7. The van der Waals surface area contributed by atoms with Crippen molar-refractivity contribution in [2.75, 3.05) is 11.9 Å². The van der Waals surface area contributed by atoms with Crippen molar-refractivity contribution in [3.8, 4) is 5.75 Å². The third kappa shape index (κ3) is 5.91. The predicted octanol–water partition coefficient (Wildman–Crippen LogP) is 3.65. The maximum absolute atomic E-state index is 11.9. The Balaban J connectivity index is 1.93. The Kier molecular flexibility index (Phi) is 7.20. The lowest BCUT2D eigenvalue weighted by Gasteiger charge is -2.06. The van der Waals surface area contributed by atoms with Crippen molar-refractivity contribution in [2.45, 2.75) is 0 Å². The molecule has 134 valence electrons. The van der Waals surface area contributed by atoms with Gasteiger partial charge in [0.05, 0.1) is 16.9 Å². The number of carbonyl (C=O) groups excluding carboxylic acids is 2. The van der Waals surface area contributed by atoms with Crippen molar-refractivity contribution in [1.82, 2.24) is 5.43 Å². The molecular weight excluding hydrogens is 377 g/mol. The zero-order valence-corrected chi connectivity index (χ0v) is 15.1. The van der Waals surface area contributed by atoms with E-state index < -0.39 is 11.8 Å². The van der Waals surface area contributed by atoms with E-state index in [-0.39, 0.29) is 10.7 Å². The zero-order chi connectivity index (χ0) is 18.9. The van der Waals surface area contributed by atoms with Crippen molar-refractivity contribution in [1.29, 1.82) is 0 Å². The van der Waals surface area contributed by atoms with Crippen LogP contribution in [0.1, 0.15) is 5.56 Å². The number of hydrazone groups is 1. The largest absolute Gasteiger partial charge is 0.490 e. The van der Waals surface area contributed by atoms with Gasteiger partial charge in [0.1, 0.15) is 12.4 Å². The lowest BCUT2D eigenvalue weighted by molar-refractivity contribution is -0.136. The molecule has 0 aliphatic heterocycles. The average Bonchev–Trinajstić information content (AvgIpc) is 2.63. The van der Waals surface area contributed by atoms with Gasteiger partial charge >= 0.3 is 11.8 Å². The Morgan fingerprint density at radius 2 is 1.96 bits per heavy atom. The van der Waals surface area contributed by atoms with E-state index in [1.54, 1.807) is 36.4 Å². The van der Waals surface area contributed by atoms with Gasteiger partial charge in [-0.25, -0.2) is 5.43 Å². The predicted molar refractivity (Wildman–Crippen MR) is 103 cm³/mol. The van der Waals surface area contributed by atoms with Crippen LogP contribution in [0.2, 0.25) is 10.0 Å². The first-order valence-electron chi connectivity index (χ1n) is 7.43. The van der Waals surface area contributed by atoms with Gasteiger partial charge in [-0.2, -0.15) is 5.10 Å². The number of amides is 2. The second-order valence-corrected chi connectivity index (χ2v) is 5.79. The number of carbonyl (C=O) groups is 2. The molecule has 0 aliphatic carbocycles. The maximum atomic E-state index is 11.9. The van der Waals surface area contributed by atoms with Crippen LogP contribution in [0, 0.1) is 0 Å². The quantitative estimate of drug-likeness (QED) is 0.341. The molecule has 2 aromatic carbocycles. The van der Waals surface area contributed by atoms with Crippen molar-refractivity contribution >= 4 is 46.9 Å². The minimum atomic E-state index is -0.948. The second-order valence-electron chi connectivity index (χ2n) is 4.95. The van der Waals surface area contributed by atoms with Gasteiger partial charge in [-0.1, -0.05) is 48.0 Å². The molecule has 0 saturated heterocycles. The highest BCUT2D eigenvalue weighted by atomic mass is 35.5. The molecule has 6 nitrogen and oxygen atoms in total. The van der Waals surface area contributed by atoms with Gasteiger partial charge in [-0.05, 0) is 35.9 Å². The first kappa shape index (κ1) is 19.5. The van der Waals surface area contributed by atoms with E-state index in [0.29, 0.717) is 22.9 Å². The Hall–Kier alpha value is -2.83. The Morgan fingerprint density at radius 3 is 2.73 bits per heavy atom. The molecule has 0 fully saturated rings. The highest BCUT2D eigenvalue weighted by molar-refractivity contribution is 6.42. The first-order chi connectivity index (χ1) is 12.5. The SMILES string of the molecule is C=CCOc1cccc(/C=N/NC(=O)C(=O)Nc2cc(Cl)ccc2Cl)c1. The van der Waals surface area contributed by atoms with Crippen LogP contribution in [0.5, 0.6) is 5.75 Å². The normalized spacial score (nSPS) is 10.4. The van der Waals surface area contributed by atoms with Crippen LogP contribution >= 0.6 is 23.2 Å². The molecule has 2 amide bonds. The first-order valence-corrected chi connectivity index (χ1v) is 8.18. The van der Waals surface area contributed by atoms with Gasteiger partial charge < -0.3 is 10.1 Å². The number of ether oxygens (including phenoxy) is 1. The summed E-state index contributed by atoms with van der Waals surface area (Å²) in [6, 6.07) is 11.6. The fourth-order valence-corrected chi connectivity index (χ4v) is 2.17. The van der Waals surface area contributed by atoms with Gasteiger partial charge in [0.15, 0.2) is 0 Å². The summed E-state index contributed by atoms with van der Waals surface area (Å²) >= 11 is 11.8. The monoisotopic (exact) mass is 391 g/mol. The molecule has 0 atom stereocenters. The minimum Gasteiger partial charge on any atom is -0.490 e. The van der Waals surface area contributed by atoms with Crippen molar-refractivity contribution in [3.05, 3.63) is 70.7 Å². The summed E-state index contributed by atoms with van der Waals surface area (Å²) in [5.74, 6) is -1.24. The summed E-state index contributed by atoms with van der Waals surface area (Å²) in [6.45, 7) is 3.95. The lowest BCUT2D eigenvalue weighted by Crippen LogP contribution is -2.32. The van der Waals surface area contributed by atoms with Gasteiger partial charge in [0, 0.05) is 5.02 Å². The second kappa shape index (κ2) is 9.60. The van der Waals surface area contributed by atoms with E-state index in [2.05, 4.69) is 22.4 Å². The fraction of sp³-hybridized carbons (Fsp3) is 0.0556. The molecule has 2 rings (SSSR count).